The summed E-state index contributed by atoms with van der Waals surface area (Å²) in [5.74, 6) is -4.88. The third-order valence-electron chi connectivity index (χ3n) is 7.32. The zero-order valence-corrected chi connectivity index (χ0v) is 23.0. The number of rotatable bonds is 10. The Morgan fingerprint density at radius 2 is 1.81 bits per heavy atom. The molecule has 0 radical (unpaired) electrons. The average molecular weight is 639 g/mol. The zero-order valence-electron chi connectivity index (χ0n) is 22.2. The summed E-state index contributed by atoms with van der Waals surface area (Å²) in [6.07, 6.45) is -9.21. The van der Waals surface area contributed by atoms with Crippen molar-refractivity contribution in [2.75, 3.05) is 6.61 Å². The fourth-order valence-electron chi connectivity index (χ4n) is 4.81. The zero-order chi connectivity index (χ0) is 31.4. The van der Waals surface area contributed by atoms with Crippen molar-refractivity contribution in [3.05, 3.63) is 53.1 Å². The third-order valence-corrected chi connectivity index (χ3v) is 9.14. The van der Waals surface area contributed by atoms with Crippen molar-refractivity contribution in [1.82, 2.24) is 19.8 Å². The van der Waals surface area contributed by atoms with Crippen molar-refractivity contribution >= 4 is 27.4 Å². The van der Waals surface area contributed by atoms with E-state index in [1.54, 1.807) is 10.0 Å². The summed E-state index contributed by atoms with van der Waals surface area (Å²) < 4.78 is 130. The highest BCUT2D eigenvalue weighted by atomic mass is 32.2. The molecule has 2 heterocycles. The minimum absolute atomic E-state index is 0.0345. The normalized spacial score (nSPS) is 21.5. The molecule has 2 saturated carbocycles. The minimum Gasteiger partial charge on any atom is -0.493 e. The Morgan fingerprint density at radius 3 is 2.40 bits per heavy atom. The molecule has 43 heavy (non-hydrogen) atoms. The molecule has 0 bridgehead atoms. The van der Waals surface area contributed by atoms with Gasteiger partial charge in [0, 0.05) is 36.2 Å². The highest BCUT2D eigenvalue weighted by Crippen LogP contribution is 2.49. The van der Waals surface area contributed by atoms with Crippen molar-refractivity contribution in [3.63, 3.8) is 0 Å². The summed E-state index contributed by atoms with van der Waals surface area (Å²) in [6, 6.07) is 3.41. The van der Waals surface area contributed by atoms with Crippen LogP contribution in [0, 0.1) is 5.82 Å². The number of nitrogens with one attached hydrogen (secondary N) is 2. The molecule has 2 amide bonds. The van der Waals surface area contributed by atoms with Crippen LogP contribution in [0.5, 0.6) is 5.75 Å². The molecular weight excluding hydrogens is 613 g/mol. The van der Waals surface area contributed by atoms with Gasteiger partial charge in [-0.1, -0.05) is 0 Å². The quantitative estimate of drug-likeness (QED) is 0.226. The number of amides is 2. The molecule has 2 aliphatic carbocycles. The molecule has 2 aromatic rings. The molecule has 0 saturated heterocycles. The fourth-order valence-corrected chi connectivity index (χ4v) is 6.10. The Bertz CT molecular complexity index is 1580. The van der Waals surface area contributed by atoms with Crippen LogP contribution >= 0.6 is 0 Å². The summed E-state index contributed by atoms with van der Waals surface area (Å²) in [4.78, 5) is 26.4. The van der Waals surface area contributed by atoms with Gasteiger partial charge in [-0.15, -0.1) is 0 Å². The number of ether oxygens (including phenoxy) is 1. The van der Waals surface area contributed by atoms with Crippen LogP contribution < -0.4 is 14.8 Å². The maximum atomic E-state index is 15.4. The molecule has 1 atom stereocenters. The van der Waals surface area contributed by atoms with Gasteiger partial charge in [-0.05, 0) is 50.3 Å². The predicted octanol–water partition coefficient (Wildman–Crippen LogP) is 4.42. The first-order valence-electron chi connectivity index (χ1n) is 13.2. The lowest BCUT2D eigenvalue weighted by molar-refractivity contribution is -0.202. The van der Waals surface area contributed by atoms with Gasteiger partial charge in [-0.25, -0.2) is 17.5 Å². The summed E-state index contributed by atoms with van der Waals surface area (Å²) in [5.41, 5.74) is -6.14. The largest absolute Gasteiger partial charge is 0.493 e. The molecule has 17 heteroatoms. The summed E-state index contributed by atoms with van der Waals surface area (Å²) in [6.45, 7) is -0.488. The number of aromatic nitrogens is 2. The maximum absolute atomic E-state index is 15.4. The molecule has 1 unspecified atom stereocenters. The molecule has 1 aromatic heterocycles. The second-order valence-corrected chi connectivity index (χ2v) is 12.6. The number of benzene rings is 1. The lowest BCUT2D eigenvalue weighted by Crippen LogP contribution is -2.60. The highest BCUT2D eigenvalue weighted by molar-refractivity contribution is 7.91. The smallest absolute Gasteiger partial charge is 0.416 e. The number of hydrogen-bond acceptors (Lipinski definition) is 6. The number of carbonyl (C=O) groups is 2. The van der Waals surface area contributed by atoms with Gasteiger partial charge in [0.05, 0.1) is 23.6 Å². The maximum Gasteiger partial charge on any atom is 0.416 e. The van der Waals surface area contributed by atoms with Gasteiger partial charge in [0.2, 0.25) is 10.0 Å². The molecule has 3 aliphatic rings. The predicted molar refractivity (Wildman–Crippen MR) is 135 cm³/mol. The van der Waals surface area contributed by atoms with Gasteiger partial charge in [0.15, 0.2) is 5.54 Å². The number of hydrogen-bond donors (Lipinski definition) is 2. The molecule has 0 spiro atoms. The second kappa shape index (κ2) is 10.8. The van der Waals surface area contributed by atoms with E-state index in [1.165, 1.54) is 16.9 Å². The van der Waals surface area contributed by atoms with Gasteiger partial charge >= 0.3 is 12.4 Å². The van der Waals surface area contributed by atoms with Gasteiger partial charge in [-0.2, -0.15) is 31.4 Å². The topological polar surface area (TPSA) is 119 Å². The molecular formula is C26H25F7N4O5S. The van der Waals surface area contributed by atoms with Crippen LogP contribution in [0.25, 0.3) is 5.57 Å². The van der Waals surface area contributed by atoms with E-state index in [9.17, 15) is 44.3 Å². The van der Waals surface area contributed by atoms with Gasteiger partial charge in [-0.3, -0.25) is 14.3 Å². The Kier molecular flexibility index (Phi) is 7.75. The average Bonchev–Trinajstić information content (AvgIpc) is 3.82. The van der Waals surface area contributed by atoms with E-state index in [4.69, 9.17) is 4.74 Å². The van der Waals surface area contributed by atoms with E-state index in [-0.39, 0.29) is 30.3 Å². The Hall–Kier alpha value is -3.63. The van der Waals surface area contributed by atoms with Crippen LogP contribution in [0.3, 0.4) is 0 Å². The van der Waals surface area contributed by atoms with E-state index in [0.717, 1.165) is 18.9 Å². The number of carbonyl (C=O) groups excluding carboxylic acids is 2. The third kappa shape index (κ3) is 6.50. The van der Waals surface area contributed by atoms with E-state index in [1.807, 2.05) is 0 Å². The number of nitrogens with zero attached hydrogens (tertiary/aromatic N) is 2. The SMILES string of the molecule is O=C1NC(c2ccc(OCCCC(F)(F)F)cc2F)(C(F)(F)F)CC(c2ccn(C3CC3)n2)=C1C(=O)NS(=O)(=O)C1CC1. The molecule has 2 N–H and O–H groups in total. The van der Waals surface area contributed by atoms with Crippen molar-refractivity contribution in [2.24, 2.45) is 0 Å². The molecule has 1 aliphatic heterocycles. The van der Waals surface area contributed by atoms with Crippen LogP contribution in [0.15, 0.2) is 36.0 Å². The van der Waals surface area contributed by atoms with Crippen molar-refractivity contribution in [3.8, 4) is 5.75 Å². The van der Waals surface area contributed by atoms with Crippen molar-refractivity contribution in [1.29, 1.82) is 0 Å². The monoisotopic (exact) mass is 638 g/mol. The Morgan fingerprint density at radius 1 is 1.12 bits per heavy atom. The molecule has 5 rings (SSSR count). The van der Waals surface area contributed by atoms with Crippen molar-refractivity contribution in [2.45, 2.75) is 74.1 Å². The van der Waals surface area contributed by atoms with E-state index in [2.05, 4.69) is 5.10 Å². The molecule has 234 valence electrons. The fraction of sp³-hybridized carbons (Fsp3) is 0.500. The van der Waals surface area contributed by atoms with Gasteiger partial charge < -0.3 is 10.1 Å². The first-order chi connectivity index (χ1) is 20.0. The van der Waals surface area contributed by atoms with Crippen LogP contribution in [0.4, 0.5) is 30.7 Å². The molecule has 2 fully saturated rings. The lowest BCUT2D eigenvalue weighted by Gasteiger charge is -2.41. The standard InChI is InChI=1S/C26H25F7N4O5S/c27-19-12-15(42-11-1-9-25(28,29)30)4-7-18(19)24(26(31,32)33)13-17(20-8-10-37(35-20)14-2-3-14)21(22(38)34-24)23(39)36-43(40,41)16-5-6-16/h4,7-8,10,12,14,16H,1-3,5-6,9,11,13H2,(H,34,38)(H,36,39). The first-order valence-corrected chi connectivity index (χ1v) is 14.8. The van der Waals surface area contributed by atoms with Crippen LogP contribution in [-0.4, -0.2) is 54.2 Å². The summed E-state index contributed by atoms with van der Waals surface area (Å²) in [5, 5.41) is 5.06. The molecule has 9 nitrogen and oxygen atoms in total. The number of sulfonamides is 1. The highest BCUT2D eigenvalue weighted by Gasteiger charge is 2.61. The molecule has 1 aromatic carbocycles. The van der Waals surface area contributed by atoms with Crippen LogP contribution in [0.1, 0.15) is 62.2 Å². The van der Waals surface area contributed by atoms with Crippen molar-refractivity contribution < 1.29 is 53.5 Å². The minimum atomic E-state index is -5.36. The first kappa shape index (κ1) is 30.8. The van der Waals surface area contributed by atoms with Crippen LogP contribution in [-0.2, 0) is 25.2 Å². The van der Waals surface area contributed by atoms with Crippen LogP contribution in [0.2, 0.25) is 0 Å². The summed E-state index contributed by atoms with van der Waals surface area (Å²) in [7, 11) is -4.20. The number of halogens is 7. The van der Waals surface area contributed by atoms with Gasteiger partial charge in [0.1, 0.15) is 17.1 Å². The van der Waals surface area contributed by atoms with E-state index in [0.29, 0.717) is 12.1 Å². The number of alkyl halides is 6. The lowest BCUT2D eigenvalue weighted by atomic mass is 9.77. The Balaban J connectivity index is 1.53. The second-order valence-electron chi connectivity index (χ2n) is 10.7. The Labute approximate surface area is 240 Å². The van der Waals surface area contributed by atoms with E-state index >= 15 is 4.39 Å². The van der Waals surface area contributed by atoms with Gasteiger partial charge in [0.25, 0.3) is 11.8 Å². The van der Waals surface area contributed by atoms with E-state index < -0.39 is 93.4 Å². The summed E-state index contributed by atoms with van der Waals surface area (Å²) >= 11 is 0.